The van der Waals surface area contributed by atoms with Gasteiger partial charge in [0, 0.05) is 5.56 Å². The molecule has 2 nitrogen and oxygen atoms in total. The molecule has 0 amide bonds. The van der Waals surface area contributed by atoms with Gasteiger partial charge >= 0.3 is 0 Å². The van der Waals surface area contributed by atoms with Crippen LogP contribution in [0.25, 0.3) is 21.9 Å². The van der Waals surface area contributed by atoms with Gasteiger partial charge < -0.3 is 0 Å². The van der Waals surface area contributed by atoms with Gasteiger partial charge in [-0.1, -0.05) is 12.1 Å². The Morgan fingerprint density at radius 1 is 1.19 bits per heavy atom. The normalized spacial score (nSPS) is 11.6. The summed E-state index contributed by atoms with van der Waals surface area (Å²) in [5, 5.41) is 9.75. The summed E-state index contributed by atoms with van der Waals surface area (Å²) < 4.78 is 27.8. The van der Waals surface area contributed by atoms with Gasteiger partial charge in [-0.2, -0.15) is 5.26 Å². The van der Waals surface area contributed by atoms with Crippen molar-refractivity contribution in [2.45, 2.75) is 0 Å². The number of hydrogen-bond acceptors (Lipinski definition) is 3. The topological polar surface area (TPSA) is 36.7 Å². The molecule has 1 heterocycles. The van der Waals surface area contributed by atoms with Crippen LogP contribution in [-0.4, -0.2) is 4.98 Å². The highest BCUT2D eigenvalue weighted by Gasteiger charge is 2.10. The summed E-state index contributed by atoms with van der Waals surface area (Å²) in [5.74, 6) is -1.13. The number of nitrogens with zero attached hydrogens (tertiary/aromatic N) is 2. The van der Waals surface area contributed by atoms with Gasteiger partial charge in [-0.15, -0.1) is 11.3 Å². The van der Waals surface area contributed by atoms with Crippen molar-refractivity contribution in [3.63, 3.8) is 0 Å². The van der Waals surface area contributed by atoms with E-state index in [4.69, 9.17) is 0 Å². The van der Waals surface area contributed by atoms with Crippen LogP contribution in [0.15, 0.2) is 42.5 Å². The first kappa shape index (κ1) is 13.4. The molecule has 0 N–H and O–H groups in total. The van der Waals surface area contributed by atoms with Crippen molar-refractivity contribution in [3.05, 3.63) is 64.7 Å². The molecule has 0 aliphatic carbocycles. The Bertz CT molecular complexity index is 858. The van der Waals surface area contributed by atoms with E-state index in [1.165, 1.54) is 17.4 Å². The van der Waals surface area contributed by atoms with E-state index < -0.39 is 11.6 Å². The monoisotopic (exact) mass is 298 g/mol. The first-order valence-electron chi connectivity index (χ1n) is 6.10. The van der Waals surface area contributed by atoms with E-state index in [2.05, 4.69) is 4.98 Å². The first-order chi connectivity index (χ1) is 10.2. The number of nitriles is 1. The zero-order chi connectivity index (χ0) is 14.8. The van der Waals surface area contributed by atoms with Crippen molar-refractivity contribution in [1.29, 1.82) is 5.26 Å². The van der Waals surface area contributed by atoms with Gasteiger partial charge in [-0.05, 0) is 36.4 Å². The van der Waals surface area contributed by atoms with Crippen LogP contribution in [0.1, 0.15) is 10.6 Å². The van der Waals surface area contributed by atoms with E-state index in [0.717, 1.165) is 28.4 Å². The molecule has 0 atom stereocenters. The molecule has 0 aliphatic rings. The highest BCUT2D eigenvalue weighted by molar-refractivity contribution is 7.19. The molecule has 0 saturated heterocycles. The second kappa shape index (κ2) is 5.43. The van der Waals surface area contributed by atoms with Gasteiger partial charge in [-0.25, -0.2) is 13.8 Å². The number of aromatic nitrogens is 1. The fourth-order valence-corrected chi connectivity index (χ4v) is 2.84. The molecular formula is C16H8F2N2S. The number of halogens is 2. The van der Waals surface area contributed by atoms with Crippen LogP contribution >= 0.6 is 11.3 Å². The lowest BCUT2D eigenvalue weighted by molar-refractivity contribution is 0.598. The molecule has 0 bridgehead atoms. The molecular weight excluding hydrogens is 290 g/mol. The van der Waals surface area contributed by atoms with Gasteiger partial charge in [-0.3, -0.25) is 0 Å². The van der Waals surface area contributed by atoms with Crippen molar-refractivity contribution < 1.29 is 8.78 Å². The van der Waals surface area contributed by atoms with Crippen LogP contribution in [0, 0.1) is 23.0 Å². The lowest BCUT2D eigenvalue weighted by atomic mass is 10.1. The molecule has 2 aromatic carbocycles. The van der Waals surface area contributed by atoms with Gasteiger partial charge in [0.1, 0.15) is 22.7 Å². The third kappa shape index (κ3) is 2.67. The quantitative estimate of drug-likeness (QED) is 0.646. The van der Waals surface area contributed by atoms with E-state index in [1.54, 1.807) is 0 Å². The minimum atomic E-state index is -0.578. The Morgan fingerprint density at radius 2 is 2.00 bits per heavy atom. The van der Waals surface area contributed by atoms with E-state index in [9.17, 15) is 14.0 Å². The van der Waals surface area contributed by atoms with Crippen molar-refractivity contribution in [3.8, 4) is 6.07 Å². The van der Waals surface area contributed by atoms with Crippen molar-refractivity contribution in [2.75, 3.05) is 0 Å². The van der Waals surface area contributed by atoms with Crippen LogP contribution in [0.4, 0.5) is 8.78 Å². The lowest BCUT2D eigenvalue weighted by Gasteiger charge is -1.98. The highest BCUT2D eigenvalue weighted by Crippen LogP contribution is 2.28. The van der Waals surface area contributed by atoms with Crippen LogP contribution in [0.5, 0.6) is 0 Å². The Kier molecular flexibility index (Phi) is 3.46. The second-order valence-corrected chi connectivity index (χ2v) is 5.35. The summed E-state index contributed by atoms with van der Waals surface area (Å²) >= 11 is 1.34. The highest BCUT2D eigenvalue weighted by atomic mass is 32.1. The van der Waals surface area contributed by atoms with Gasteiger partial charge in [0.25, 0.3) is 0 Å². The molecule has 102 valence electrons. The van der Waals surface area contributed by atoms with Gasteiger partial charge in [0.2, 0.25) is 0 Å². The average molecular weight is 298 g/mol. The maximum atomic E-state index is 13.6. The predicted molar refractivity (Wildman–Crippen MR) is 79.5 cm³/mol. The number of allylic oxidation sites excluding steroid dienone is 1. The molecule has 3 rings (SSSR count). The Balaban J connectivity index is 2.11. The fourth-order valence-electron chi connectivity index (χ4n) is 1.91. The molecule has 21 heavy (non-hydrogen) atoms. The zero-order valence-electron chi connectivity index (χ0n) is 10.7. The number of fused-ring (bicyclic) bond motifs is 1. The number of hydrogen-bond donors (Lipinski definition) is 0. The van der Waals surface area contributed by atoms with E-state index in [1.807, 2.05) is 30.3 Å². The van der Waals surface area contributed by atoms with Crippen LogP contribution in [0.3, 0.4) is 0 Å². The molecule has 0 aliphatic heterocycles. The van der Waals surface area contributed by atoms with Gasteiger partial charge in [0.15, 0.2) is 0 Å². The zero-order valence-corrected chi connectivity index (χ0v) is 11.5. The standard InChI is InChI=1S/C16H8F2N2S/c17-12-5-6-13(18)10(8-12)7-11(9-19)16-20-14-3-1-2-4-15(14)21-16/h1-8H/b11-7-. The molecule has 3 aromatic rings. The van der Waals surface area contributed by atoms with Crippen LogP contribution in [0.2, 0.25) is 0 Å². The molecule has 0 spiro atoms. The summed E-state index contributed by atoms with van der Waals surface area (Å²) in [7, 11) is 0. The minimum Gasteiger partial charge on any atom is -0.235 e. The lowest BCUT2D eigenvalue weighted by Crippen LogP contribution is -1.86. The Hall–Kier alpha value is -2.58. The SMILES string of the molecule is N#C/C(=C/c1cc(F)ccc1F)c1nc2ccccc2s1. The van der Waals surface area contributed by atoms with E-state index in [0.29, 0.717) is 5.01 Å². The van der Waals surface area contributed by atoms with E-state index in [-0.39, 0.29) is 11.1 Å². The summed E-state index contributed by atoms with van der Waals surface area (Å²) in [6.45, 7) is 0. The number of benzene rings is 2. The third-order valence-electron chi connectivity index (χ3n) is 2.90. The molecule has 0 radical (unpaired) electrons. The molecule has 1 aromatic heterocycles. The largest absolute Gasteiger partial charge is 0.235 e. The number of thiazole rings is 1. The maximum Gasteiger partial charge on any atom is 0.135 e. The number of rotatable bonds is 2. The van der Waals surface area contributed by atoms with Crippen LogP contribution in [-0.2, 0) is 0 Å². The summed E-state index contributed by atoms with van der Waals surface area (Å²) in [5.41, 5.74) is 1.02. The average Bonchev–Trinajstić information content (AvgIpc) is 2.91. The summed E-state index contributed by atoms with van der Waals surface area (Å²) in [6, 6.07) is 12.6. The summed E-state index contributed by atoms with van der Waals surface area (Å²) in [6.07, 6.45) is 1.32. The minimum absolute atomic E-state index is 0.0332. The first-order valence-corrected chi connectivity index (χ1v) is 6.92. The van der Waals surface area contributed by atoms with Crippen molar-refractivity contribution in [2.24, 2.45) is 0 Å². The number of para-hydroxylation sites is 1. The molecule has 5 heteroatoms. The maximum absolute atomic E-state index is 13.6. The Labute approximate surface area is 123 Å². The van der Waals surface area contributed by atoms with Crippen LogP contribution < -0.4 is 0 Å². The predicted octanol–water partition coefficient (Wildman–Crippen LogP) is 4.64. The smallest absolute Gasteiger partial charge is 0.135 e. The molecule has 0 saturated carbocycles. The summed E-state index contributed by atoms with van der Waals surface area (Å²) in [4.78, 5) is 4.34. The second-order valence-electron chi connectivity index (χ2n) is 4.32. The van der Waals surface area contributed by atoms with E-state index >= 15 is 0 Å². The third-order valence-corrected chi connectivity index (χ3v) is 3.97. The van der Waals surface area contributed by atoms with Crippen molar-refractivity contribution in [1.82, 2.24) is 4.98 Å². The fraction of sp³-hybridized carbons (Fsp3) is 0. The van der Waals surface area contributed by atoms with Crippen molar-refractivity contribution >= 4 is 33.2 Å². The van der Waals surface area contributed by atoms with Gasteiger partial charge in [0.05, 0.1) is 15.8 Å². The Morgan fingerprint density at radius 3 is 2.76 bits per heavy atom. The molecule has 0 unspecified atom stereocenters. The molecule has 0 fully saturated rings.